The van der Waals surface area contributed by atoms with Gasteiger partial charge < -0.3 is 15.2 Å². The number of nitrogens with zero attached hydrogens (tertiary/aromatic N) is 3. The lowest BCUT2D eigenvalue weighted by Gasteiger charge is -2.13. The number of benzene rings is 1. The van der Waals surface area contributed by atoms with E-state index in [1.807, 2.05) is 24.5 Å². The summed E-state index contributed by atoms with van der Waals surface area (Å²) >= 11 is 0. The third-order valence-electron chi connectivity index (χ3n) is 3.71. The van der Waals surface area contributed by atoms with Crippen molar-refractivity contribution in [3.05, 3.63) is 54.4 Å². The normalized spacial score (nSPS) is 11.9. The van der Waals surface area contributed by atoms with Crippen LogP contribution in [-0.2, 0) is 23.1 Å². The predicted molar refractivity (Wildman–Crippen MR) is 115 cm³/mol. The second-order valence-corrected chi connectivity index (χ2v) is 7.86. The molecule has 1 heterocycles. The molecule has 0 saturated heterocycles. The minimum Gasteiger partial charge on any atom is -0.355 e. The Bertz CT molecular complexity index is 787. The molecule has 0 aliphatic heterocycles. The first kappa shape index (κ1) is 22.5. The summed E-state index contributed by atoms with van der Waals surface area (Å²) in [4.78, 5) is 4.47. The Morgan fingerprint density at radius 2 is 1.73 bits per heavy atom. The van der Waals surface area contributed by atoms with Crippen molar-refractivity contribution in [2.45, 2.75) is 18.0 Å². The SMILES string of the molecule is CN=C(NCCn1cccc1)NCc1ccc(S(=O)(=O)N(C)C)cc1.I. The van der Waals surface area contributed by atoms with Crippen LogP contribution in [0.5, 0.6) is 0 Å². The maximum Gasteiger partial charge on any atom is 0.242 e. The molecule has 7 nitrogen and oxygen atoms in total. The fourth-order valence-corrected chi connectivity index (χ4v) is 3.12. The van der Waals surface area contributed by atoms with Gasteiger partial charge in [0, 0.05) is 53.2 Å². The van der Waals surface area contributed by atoms with Gasteiger partial charge in [0.05, 0.1) is 4.90 Å². The number of hydrogen-bond donors (Lipinski definition) is 2. The van der Waals surface area contributed by atoms with E-state index in [9.17, 15) is 8.42 Å². The molecule has 1 aromatic carbocycles. The number of aromatic nitrogens is 1. The van der Waals surface area contributed by atoms with Gasteiger partial charge in [-0.1, -0.05) is 12.1 Å². The topological polar surface area (TPSA) is 78.7 Å². The predicted octanol–water partition coefficient (Wildman–Crippen LogP) is 1.72. The van der Waals surface area contributed by atoms with Crippen LogP contribution in [0.3, 0.4) is 0 Å². The first-order chi connectivity index (χ1) is 11.9. The van der Waals surface area contributed by atoms with Crippen LogP contribution in [0.1, 0.15) is 5.56 Å². The number of sulfonamides is 1. The van der Waals surface area contributed by atoms with Gasteiger partial charge in [0.2, 0.25) is 10.0 Å². The van der Waals surface area contributed by atoms with Crippen LogP contribution in [0.15, 0.2) is 58.7 Å². The van der Waals surface area contributed by atoms with Crippen LogP contribution in [0.25, 0.3) is 0 Å². The second-order valence-electron chi connectivity index (χ2n) is 5.70. The van der Waals surface area contributed by atoms with Gasteiger partial charge in [-0.2, -0.15) is 0 Å². The first-order valence-corrected chi connectivity index (χ1v) is 9.44. The first-order valence-electron chi connectivity index (χ1n) is 8.00. The molecule has 0 aliphatic rings. The molecule has 0 radical (unpaired) electrons. The lowest BCUT2D eigenvalue weighted by Crippen LogP contribution is -2.38. The summed E-state index contributed by atoms with van der Waals surface area (Å²) in [5.74, 6) is 0.706. The average Bonchev–Trinajstić information content (AvgIpc) is 3.11. The van der Waals surface area contributed by atoms with Gasteiger partial charge in [0.15, 0.2) is 5.96 Å². The third kappa shape index (κ3) is 6.29. The van der Waals surface area contributed by atoms with E-state index in [2.05, 4.69) is 20.2 Å². The highest BCUT2D eigenvalue weighted by molar-refractivity contribution is 14.0. The standard InChI is InChI=1S/C17H25N5O2S.HI/c1-18-17(19-10-13-22-11-4-5-12-22)20-14-15-6-8-16(9-7-15)25(23,24)21(2)3;/h4-9,11-12H,10,13-14H2,1-3H3,(H2,18,19,20);1H. The summed E-state index contributed by atoms with van der Waals surface area (Å²) in [7, 11) is 1.38. The largest absolute Gasteiger partial charge is 0.355 e. The van der Waals surface area contributed by atoms with Gasteiger partial charge >= 0.3 is 0 Å². The Labute approximate surface area is 172 Å². The van der Waals surface area contributed by atoms with E-state index in [0.29, 0.717) is 12.5 Å². The fourth-order valence-electron chi connectivity index (χ4n) is 2.22. The van der Waals surface area contributed by atoms with Crippen molar-refractivity contribution in [2.75, 3.05) is 27.7 Å². The monoisotopic (exact) mass is 491 g/mol. The number of hydrogen-bond acceptors (Lipinski definition) is 3. The lowest BCUT2D eigenvalue weighted by molar-refractivity contribution is 0.520. The van der Waals surface area contributed by atoms with E-state index < -0.39 is 10.0 Å². The van der Waals surface area contributed by atoms with E-state index in [1.54, 1.807) is 31.3 Å². The van der Waals surface area contributed by atoms with Crippen molar-refractivity contribution in [3.63, 3.8) is 0 Å². The van der Waals surface area contributed by atoms with Crippen LogP contribution < -0.4 is 10.6 Å². The van der Waals surface area contributed by atoms with Crippen LogP contribution in [0, 0.1) is 0 Å². The number of nitrogens with one attached hydrogen (secondary N) is 2. The van der Waals surface area contributed by atoms with Gasteiger partial charge in [-0.3, -0.25) is 4.99 Å². The van der Waals surface area contributed by atoms with Crippen LogP contribution in [0.2, 0.25) is 0 Å². The molecule has 0 spiro atoms. The molecular weight excluding hydrogens is 465 g/mol. The zero-order valence-corrected chi connectivity index (χ0v) is 18.4. The maximum atomic E-state index is 12.1. The molecule has 9 heteroatoms. The second kappa shape index (κ2) is 10.5. The van der Waals surface area contributed by atoms with E-state index in [0.717, 1.165) is 18.7 Å². The highest BCUT2D eigenvalue weighted by Crippen LogP contribution is 2.13. The van der Waals surface area contributed by atoms with Crippen LogP contribution >= 0.6 is 24.0 Å². The molecule has 0 amide bonds. The van der Waals surface area contributed by atoms with Crippen LogP contribution in [-0.4, -0.2) is 50.9 Å². The molecule has 0 fully saturated rings. The highest BCUT2D eigenvalue weighted by atomic mass is 127. The molecule has 2 N–H and O–H groups in total. The Kier molecular flexibility index (Phi) is 9.09. The zero-order chi connectivity index (χ0) is 18.3. The molecule has 1 aromatic heterocycles. The van der Waals surface area contributed by atoms with Gasteiger partial charge in [0.25, 0.3) is 0 Å². The summed E-state index contributed by atoms with van der Waals surface area (Å²) < 4.78 is 27.4. The molecule has 2 rings (SSSR count). The van der Waals surface area contributed by atoms with E-state index in [-0.39, 0.29) is 28.9 Å². The van der Waals surface area contributed by atoms with Gasteiger partial charge in [0.1, 0.15) is 0 Å². The van der Waals surface area contributed by atoms with Crippen molar-refractivity contribution in [3.8, 4) is 0 Å². The number of aliphatic imine (C=N–C) groups is 1. The summed E-state index contributed by atoms with van der Waals surface area (Å²) in [6, 6.07) is 10.8. The van der Waals surface area contributed by atoms with Gasteiger partial charge in [-0.25, -0.2) is 12.7 Å². The molecular formula is C17H26IN5O2S. The Hall–Kier alpha value is -1.59. The van der Waals surface area contributed by atoms with Crippen LogP contribution in [0.4, 0.5) is 0 Å². The summed E-state index contributed by atoms with van der Waals surface area (Å²) in [6.07, 6.45) is 4.03. The smallest absolute Gasteiger partial charge is 0.242 e. The third-order valence-corrected chi connectivity index (χ3v) is 5.54. The Morgan fingerprint density at radius 3 is 2.27 bits per heavy atom. The minimum absolute atomic E-state index is 0. The Balaban J connectivity index is 0.00000338. The molecule has 144 valence electrons. The number of guanidine groups is 1. The zero-order valence-electron chi connectivity index (χ0n) is 15.2. The van der Waals surface area contributed by atoms with E-state index >= 15 is 0 Å². The minimum atomic E-state index is -3.39. The van der Waals surface area contributed by atoms with Crippen molar-refractivity contribution in [1.82, 2.24) is 19.5 Å². The molecule has 0 unspecified atom stereocenters. The van der Waals surface area contributed by atoms with Crippen molar-refractivity contribution in [2.24, 2.45) is 4.99 Å². The molecule has 0 bridgehead atoms. The molecule has 0 atom stereocenters. The lowest BCUT2D eigenvalue weighted by atomic mass is 10.2. The molecule has 0 saturated carbocycles. The van der Waals surface area contributed by atoms with Crippen molar-refractivity contribution in [1.29, 1.82) is 0 Å². The summed E-state index contributed by atoms with van der Waals surface area (Å²) in [5, 5.41) is 6.46. The molecule has 26 heavy (non-hydrogen) atoms. The summed E-state index contributed by atoms with van der Waals surface area (Å²) in [5.41, 5.74) is 0.978. The van der Waals surface area contributed by atoms with Crippen molar-refractivity contribution >= 4 is 40.0 Å². The van der Waals surface area contributed by atoms with E-state index in [4.69, 9.17) is 0 Å². The van der Waals surface area contributed by atoms with Gasteiger partial charge in [-0.05, 0) is 29.8 Å². The van der Waals surface area contributed by atoms with Gasteiger partial charge in [-0.15, -0.1) is 24.0 Å². The average molecular weight is 491 g/mol. The Morgan fingerprint density at radius 1 is 1.12 bits per heavy atom. The maximum absolute atomic E-state index is 12.1. The number of halogens is 1. The van der Waals surface area contributed by atoms with Crippen molar-refractivity contribution < 1.29 is 8.42 Å². The highest BCUT2D eigenvalue weighted by Gasteiger charge is 2.16. The van der Waals surface area contributed by atoms with E-state index in [1.165, 1.54) is 18.4 Å². The fraction of sp³-hybridized carbons (Fsp3) is 0.353. The number of rotatable bonds is 7. The molecule has 2 aromatic rings. The molecule has 0 aliphatic carbocycles. The quantitative estimate of drug-likeness (QED) is 0.352. The summed E-state index contributed by atoms with van der Waals surface area (Å²) in [6.45, 7) is 2.17.